The molecule has 0 saturated carbocycles. The summed E-state index contributed by atoms with van der Waals surface area (Å²) in [4.78, 5) is 42.8. The number of benzene rings is 3. The van der Waals surface area contributed by atoms with Crippen LogP contribution in [0.2, 0.25) is 0 Å². The van der Waals surface area contributed by atoms with Crippen molar-refractivity contribution in [1.29, 1.82) is 0 Å². The molecule has 1 aliphatic rings. The van der Waals surface area contributed by atoms with Crippen LogP contribution < -0.4 is 20.3 Å². The maximum atomic E-state index is 12.6. The number of carbonyl (C=O) groups is 3. The fraction of sp³-hybridized carbons (Fsp3) is 0.276. The summed E-state index contributed by atoms with van der Waals surface area (Å²) in [5.41, 5.74) is 3.38. The van der Waals surface area contributed by atoms with Gasteiger partial charge in [0, 0.05) is 56.7 Å². The normalized spacial score (nSPS) is 13.0. The highest BCUT2D eigenvalue weighted by atomic mass is 16.5. The Morgan fingerprint density at radius 3 is 2.03 bits per heavy atom. The van der Waals surface area contributed by atoms with E-state index in [9.17, 15) is 14.4 Å². The molecule has 0 bridgehead atoms. The number of carbonyl (C=O) groups excluding carboxylic acids is 3. The second-order valence-electron chi connectivity index (χ2n) is 9.09. The minimum Gasteiger partial charge on any atom is -0.497 e. The summed E-state index contributed by atoms with van der Waals surface area (Å²) in [6.07, 6.45) is 0. The molecule has 9 heteroatoms. The third kappa shape index (κ3) is 7.25. The van der Waals surface area contributed by atoms with E-state index in [1.165, 1.54) is 11.8 Å². The summed E-state index contributed by atoms with van der Waals surface area (Å²) in [6.45, 7) is 4.43. The molecule has 4 amide bonds. The molecule has 3 aromatic rings. The molecule has 38 heavy (non-hydrogen) atoms. The van der Waals surface area contributed by atoms with Gasteiger partial charge >= 0.3 is 6.03 Å². The molecule has 198 valence electrons. The van der Waals surface area contributed by atoms with Gasteiger partial charge in [0.15, 0.2) is 0 Å². The van der Waals surface area contributed by atoms with Gasteiger partial charge < -0.3 is 30.1 Å². The standard InChI is InChI=1S/C29H33N5O4/c1-22(35)34(20-23-6-4-3-5-7-23)21-28(36)30-24-8-12-26(13-9-24)32-16-18-33(19-17-32)29(37)31-25-10-14-27(38-2)15-11-25/h3-15H,16-21H2,1-2H3,(H,30,36)(H,31,37). The zero-order valence-electron chi connectivity index (χ0n) is 21.7. The molecule has 0 unspecified atom stereocenters. The van der Waals surface area contributed by atoms with Gasteiger partial charge in [-0.1, -0.05) is 30.3 Å². The van der Waals surface area contributed by atoms with Crippen LogP contribution in [-0.2, 0) is 16.1 Å². The Morgan fingerprint density at radius 1 is 0.816 bits per heavy atom. The number of anilines is 3. The molecule has 1 saturated heterocycles. The van der Waals surface area contributed by atoms with E-state index in [1.807, 2.05) is 78.9 Å². The van der Waals surface area contributed by atoms with Crippen LogP contribution >= 0.6 is 0 Å². The van der Waals surface area contributed by atoms with Gasteiger partial charge in [-0.05, 0) is 54.1 Å². The second-order valence-corrected chi connectivity index (χ2v) is 9.09. The predicted octanol–water partition coefficient (Wildman–Crippen LogP) is 4.04. The van der Waals surface area contributed by atoms with Crippen LogP contribution in [0.3, 0.4) is 0 Å². The number of hydrogen-bond acceptors (Lipinski definition) is 5. The highest BCUT2D eigenvalue weighted by Gasteiger charge is 2.21. The van der Waals surface area contributed by atoms with Crippen molar-refractivity contribution in [2.45, 2.75) is 13.5 Å². The number of urea groups is 1. The van der Waals surface area contributed by atoms with Gasteiger partial charge in [0.2, 0.25) is 11.8 Å². The maximum absolute atomic E-state index is 12.6. The SMILES string of the molecule is COc1ccc(NC(=O)N2CCN(c3ccc(NC(=O)CN(Cc4ccccc4)C(C)=O)cc3)CC2)cc1. The first-order valence-electron chi connectivity index (χ1n) is 12.6. The van der Waals surface area contributed by atoms with E-state index in [0.29, 0.717) is 38.4 Å². The van der Waals surface area contributed by atoms with E-state index in [0.717, 1.165) is 22.7 Å². The molecule has 0 aliphatic carbocycles. The lowest BCUT2D eigenvalue weighted by Gasteiger charge is -2.36. The Morgan fingerprint density at radius 2 is 1.42 bits per heavy atom. The summed E-state index contributed by atoms with van der Waals surface area (Å²) in [6, 6.07) is 24.3. The Kier molecular flexibility index (Phi) is 8.81. The highest BCUT2D eigenvalue weighted by molar-refractivity contribution is 5.94. The number of hydrogen-bond donors (Lipinski definition) is 2. The van der Waals surface area contributed by atoms with Gasteiger partial charge in [-0.25, -0.2) is 4.79 Å². The van der Waals surface area contributed by atoms with Crippen LogP contribution in [0.4, 0.5) is 21.9 Å². The number of ether oxygens (including phenoxy) is 1. The number of amides is 4. The Bertz CT molecular complexity index is 1220. The van der Waals surface area contributed by atoms with Crippen LogP contribution in [-0.4, -0.2) is 67.5 Å². The molecule has 4 rings (SSSR count). The van der Waals surface area contributed by atoms with Crippen LogP contribution in [0.5, 0.6) is 5.75 Å². The van der Waals surface area contributed by atoms with Crippen molar-refractivity contribution in [2.24, 2.45) is 0 Å². The number of nitrogens with zero attached hydrogens (tertiary/aromatic N) is 3. The van der Waals surface area contributed by atoms with Crippen molar-refractivity contribution < 1.29 is 19.1 Å². The minimum atomic E-state index is -0.250. The molecule has 0 aromatic heterocycles. The number of piperazine rings is 1. The molecule has 9 nitrogen and oxygen atoms in total. The van der Waals surface area contributed by atoms with Crippen LogP contribution in [0.25, 0.3) is 0 Å². The zero-order valence-corrected chi connectivity index (χ0v) is 21.7. The molecule has 0 radical (unpaired) electrons. The summed E-state index contributed by atoms with van der Waals surface area (Å²) < 4.78 is 5.15. The van der Waals surface area contributed by atoms with Gasteiger partial charge in [0.1, 0.15) is 12.3 Å². The Balaban J connectivity index is 1.25. The summed E-state index contributed by atoms with van der Waals surface area (Å²) in [7, 11) is 1.61. The third-order valence-corrected chi connectivity index (χ3v) is 6.42. The lowest BCUT2D eigenvalue weighted by molar-refractivity contribution is -0.133. The summed E-state index contributed by atoms with van der Waals surface area (Å²) in [5.74, 6) is 0.333. The fourth-order valence-electron chi connectivity index (χ4n) is 4.26. The monoisotopic (exact) mass is 515 g/mol. The van der Waals surface area contributed by atoms with E-state index in [4.69, 9.17) is 4.74 Å². The van der Waals surface area contributed by atoms with Crippen molar-refractivity contribution in [1.82, 2.24) is 9.80 Å². The van der Waals surface area contributed by atoms with Gasteiger partial charge in [-0.15, -0.1) is 0 Å². The minimum absolute atomic E-state index is 0.0213. The molecular weight excluding hydrogens is 482 g/mol. The predicted molar refractivity (Wildman–Crippen MR) is 148 cm³/mol. The van der Waals surface area contributed by atoms with E-state index < -0.39 is 0 Å². The Hall–Kier alpha value is -4.53. The molecule has 1 heterocycles. The summed E-state index contributed by atoms with van der Waals surface area (Å²) >= 11 is 0. The molecular formula is C29H33N5O4. The van der Waals surface area contributed by atoms with E-state index in [2.05, 4.69) is 15.5 Å². The van der Waals surface area contributed by atoms with Crippen LogP contribution in [0, 0.1) is 0 Å². The first kappa shape index (κ1) is 26.5. The highest BCUT2D eigenvalue weighted by Crippen LogP contribution is 2.21. The van der Waals surface area contributed by atoms with E-state index in [1.54, 1.807) is 12.0 Å². The topological polar surface area (TPSA) is 94.2 Å². The van der Waals surface area contributed by atoms with Crippen molar-refractivity contribution in [2.75, 3.05) is 55.4 Å². The number of rotatable bonds is 8. The largest absolute Gasteiger partial charge is 0.497 e. The van der Waals surface area contributed by atoms with Crippen molar-refractivity contribution in [3.63, 3.8) is 0 Å². The van der Waals surface area contributed by atoms with Gasteiger partial charge in [0.25, 0.3) is 0 Å². The van der Waals surface area contributed by atoms with Crippen molar-refractivity contribution in [3.05, 3.63) is 84.4 Å². The lowest BCUT2D eigenvalue weighted by Crippen LogP contribution is -2.50. The molecule has 1 aliphatic heterocycles. The third-order valence-electron chi connectivity index (χ3n) is 6.42. The maximum Gasteiger partial charge on any atom is 0.321 e. The first-order chi connectivity index (χ1) is 18.4. The Labute approximate surface area is 223 Å². The van der Waals surface area contributed by atoms with Gasteiger partial charge in [-0.3, -0.25) is 9.59 Å². The van der Waals surface area contributed by atoms with Crippen molar-refractivity contribution >= 4 is 34.9 Å². The molecule has 0 atom stereocenters. The second kappa shape index (κ2) is 12.6. The van der Waals surface area contributed by atoms with Gasteiger partial charge in [0.05, 0.1) is 7.11 Å². The van der Waals surface area contributed by atoms with Crippen LogP contribution in [0.15, 0.2) is 78.9 Å². The zero-order chi connectivity index (χ0) is 26.9. The molecule has 1 fully saturated rings. The average Bonchev–Trinajstić information content (AvgIpc) is 2.94. The molecule has 2 N–H and O–H groups in total. The first-order valence-corrected chi connectivity index (χ1v) is 12.6. The van der Waals surface area contributed by atoms with E-state index in [-0.39, 0.29) is 24.4 Å². The summed E-state index contributed by atoms with van der Waals surface area (Å²) in [5, 5.41) is 5.80. The molecule has 0 spiro atoms. The smallest absolute Gasteiger partial charge is 0.321 e. The average molecular weight is 516 g/mol. The number of nitrogens with one attached hydrogen (secondary N) is 2. The lowest BCUT2D eigenvalue weighted by atomic mass is 10.2. The van der Waals surface area contributed by atoms with E-state index >= 15 is 0 Å². The quantitative estimate of drug-likeness (QED) is 0.472. The van der Waals surface area contributed by atoms with Crippen molar-refractivity contribution in [3.8, 4) is 5.75 Å². The fourth-order valence-corrected chi connectivity index (χ4v) is 4.26. The molecule has 3 aromatic carbocycles. The van der Waals surface area contributed by atoms with Gasteiger partial charge in [-0.2, -0.15) is 0 Å². The number of methoxy groups -OCH3 is 1. The van der Waals surface area contributed by atoms with Crippen LogP contribution in [0.1, 0.15) is 12.5 Å².